The van der Waals surface area contributed by atoms with Crippen LogP contribution in [-0.2, 0) is 57.3 Å². The molecule has 0 saturated heterocycles. The van der Waals surface area contributed by atoms with E-state index in [-0.39, 0.29) is 11.1 Å². The summed E-state index contributed by atoms with van der Waals surface area (Å²) >= 11 is 0. The van der Waals surface area contributed by atoms with Gasteiger partial charge in [0.15, 0.2) is 0 Å². The van der Waals surface area contributed by atoms with Crippen molar-refractivity contribution in [3.05, 3.63) is 70.8 Å². The summed E-state index contributed by atoms with van der Waals surface area (Å²) in [5, 5.41) is 15.6. The number of benzene rings is 2. The number of carboxylic acid groups (broad SMARTS) is 1. The van der Waals surface area contributed by atoms with Crippen LogP contribution in [0.2, 0.25) is 0 Å². The molecule has 4 amide bonds. The second kappa shape index (κ2) is 15.4. The first-order valence-electron chi connectivity index (χ1n) is 13.3. The molecule has 0 radical (unpaired) electrons. The third-order valence-electron chi connectivity index (χ3n) is 6.58. The molecule has 10 N–H and O–H groups in total. The molecule has 16 nitrogen and oxygen atoms in total. The van der Waals surface area contributed by atoms with Crippen LogP contribution in [-0.4, -0.2) is 72.4 Å². The number of rotatable bonds is 16. The Balaban J connectivity index is 2.40. The molecule has 2 aromatic carbocycles. The van der Waals surface area contributed by atoms with E-state index in [1.807, 2.05) is 0 Å². The lowest BCUT2D eigenvalue weighted by Crippen LogP contribution is -2.57. The van der Waals surface area contributed by atoms with Gasteiger partial charge in [0.1, 0.15) is 18.1 Å². The zero-order valence-electron chi connectivity index (χ0n) is 24.5. The summed E-state index contributed by atoms with van der Waals surface area (Å²) in [4.78, 5) is 97.1. The number of hydrogen-bond donors (Lipinski definition) is 9. The summed E-state index contributed by atoms with van der Waals surface area (Å²) in [5.74, 6) is -5.89. The minimum atomic E-state index is -5.93. The molecule has 2 aromatic rings. The second-order valence-corrected chi connectivity index (χ2v) is 13.6. The van der Waals surface area contributed by atoms with E-state index in [0.29, 0.717) is 24.3 Å². The molecule has 0 saturated carbocycles. The number of halogens is 4. The predicted molar refractivity (Wildman–Crippen MR) is 155 cm³/mol. The summed E-state index contributed by atoms with van der Waals surface area (Å²) in [6.07, 6.45) is -1.97. The van der Waals surface area contributed by atoms with Crippen LogP contribution in [0.15, 0.2) is 48.5 Å². The summed E-state index contributed by atoms with van der Waals surface area (Å²) in [6.45, 7) is 0.971. The monoisotopic (exact) mass is 728 g/mol. The zero-order chi connectivity index (χ0) is 36.8. The van der Waals surface area contributed by atoms with E-state index in [1.54, 1.807) is 0 Å². The predicted octanol–water partition coefficient (Wildman–Crippen LogP) is 0.360. The van der Waals surface area contributed by atoms with E-state index in [0.717, 1.165) is 31.2 Å². The van der Waals surface area contributed by atoms with Crippen molar-refractivity contribution >= 4 is 44.8 Å². The third-order valence-corrected chi connectivity index (χ3v) is 8.56. The van der Waals surface area contributed by atoms with Gasteiger partial charge in [0.05, 0.1) is 6.42 Å². The minimum absolute atomic E-state index is 0.00669. The highest BCUT2D eigenvalue weighted by Crippen LogP contribution is 2.60. The maximum Gasteiger partial charge on any atom is 0.399 e. The van der Waals surface area contributed by atoms with Crippen molar-refractivity contribution in [3.8, 4) is 0 Å². The van der Waals surface area contributed by atoms with Crippen molar-refractivity contribution in [2.75, 3.05) is 0 Å². The molecule has 0 spiro atoms. The van der Waals surface area contributed by atoms with Crippen molar-refractivity contribution in [1.29, 1.82) is 0 Å². The molecular formula is C26H30F4N4O12P2. The van der Waals surface area contributed by atoms with Crippen LogP contribution < -0.4 is 21.7 Å². The van der Waals surface area contributed by atoms with E-state index in [4.69, 9.17) is 30.4 Å². The van der Waals surface area contributed by atoms with Gasteiger partial charge < -0.3 is 46.4 Å². The lowest BCUT2D eigenvalue weighted by molar-refractivity contribution is -0.141. The summed E-state index contributed by atoms with van der Waals surface area (Å²) in [6, 6.07) is 1.38. The Morgan fingerprint density at radius 3 is 1.38 bits per heavy atom. The fourth-order valence-corrected chi connectivity index (χ4v) is 5.07. The molecule has 0 aliphatic carbocycles. The van der Waals surface area contributed by atoms with Crippen molar-refractivity contribution in [2.45, 2.75) is 55.6 Å². The maximum absolute atomic E-state index is 14.1. The minimum Gasteiger partial charge on any atom is -0.481 e. The number of alkyl halides is 4. The lowest BCUT2D eigenvalue weighted by atomic mass is 10.0. The Kier molecular flexibility index (Phi) is 12.8. The van der Waals surface area contributed by atoms with Crippen molar-refractivity contribution in [2.24, 2.45) is 5.73 Å². The lowest BCUT2D eigenvalue weighted by Gasteiger charge is -2.25. The van der Waals surface area contributed by atoms with E-state index in [2.05, 4.69) is 16.0 Å². The molecule has 264 valence electrons. The molecule has 0 aliphatic heterocycles. The van der Waals surface area contributed by atoms with Crippen LogP contribution in [0.4, 0.5) is 17.6 Å². The van der Waals surface area contributed by atoms with Crippen LogP contribution in [0, 0.1) is 0 Å². The first kappa shape index (κ1) is 40.0. The Hall–Kier alpha value is -4.19. The molecule has 0 heterocycles. The van der Waals surface area contributed by atoms with Crippen LogP contribution in [0.1, 0.15) is 35.6 Å². The zero-order valence-corrected chi connectivity index (χ0v) is 26.3. The van der Waals surface area contributed by atoms with Crippen molar-refractivity contribution < 1.29 is 75.3 Å². The molecule has 0 aromatic heterocycles. The molecule has 2 rings (SSSR count). The Morgan fingerprint density at radius 2 is 1.04 bits per heavy atom. The normalized spacial score (nSPS) is 14.3. The molecule has 0 fully saturated rings. The van der Waals surface area contributed by atoms with Gasteiger partial charge in [0.25, 0.3) is 0 Å². The van der Waals surface area contributed by atoms with Gasteiger partial charge in [-0.05, 0) is 11.1 Å². The van der Waals surface area contributed by atoms with Crippen LogP contribution in [0.25, 0.3) is 0 Å². The third kappa shape index (κ3) is 10.4. The average molecular weight is 728 g/mol. The number of amides is 4. The second-order valence-electron chi connectivity index (χ2n) is 10.3. The number of primary amides is 1. The summed E-state index contributed by atoms with van der Waals surface area (Å²) < 4.78 is 78.5. The number of aliphatic carboxylic acids is 1. The fraction of sp³-hybridized carbons (Fsp3) is 0.346. The van der Waals surface area contributed by atoms with Gasteiger partial charge in [-0.1, -0.05) is 48.5 Å². The number of carboxylic acids is 1. The van der Waals surface area contributed by atoms with Crippen molar-refractivity contribution in [3.63, 3.8) is 0 Å². The topological polar surface area (TPSA) is 283 Å². The van der Waals surface area contributed by atoms with Gasteiger partial charge in [-0.2, -0.15) is 17.6 Å². The summed E-state index contributed by atoms with van der Waals surface area (Å²) in [7, 11) is -11.8. The first-order valence-corrected chi connectivity index (χ1v) is 16.5. The van der Waals surface area contributed by atoms with E-state index >= 15 is 0 Å². The standard InChI is InChI=1S/C26H30F4N4O12P2/c1-13(35)32-20(12-21(36)37)24(40)34-19(11-15-4-8-17(9-5-15)26(29,30)48(44,45)46)23(39)33-18(22(31)38)10-14-2-6-16(7-3-14)25(27,28)47(41,42)43/h2-9,18-20H,10-12H2,1H3,(H2,31,38)(H,32,35)(H,33,39)(H,34,40)(H,36,37)(H2,41,42,43)(H2,44,45,46)/t18-,19-,20+/m0/s1. The number of nitrogens with two attached hydrogens (primary N) is 1. The fourth-order valence-electron chi connectivity index (χ4n) is 4.10. The molecule has 3 atom stereocenters. The first-order chi connectivity index (χ1) is 21.9. The number of hydrogen-bond acceptors (Lipinski definition) is 7. The quantitative estimate of drug-likeness (QED) is 0.0837. The highest BCUT2D eigenvalue weighted by atomic mass is 31.2. The Bertz CT molecular complexity index is 1620. The van der Waals surface area contributed by atoms with Gasteiger partial charge in [-0.25, -0.2) is 0 Å². The largest absolute Gasteiger partial charge is 0.481 e. The molecule has 22 heteroatoms. The Labute approximate surface area is 268 Å². The molecule has 0 bridgehead atoms. The van der Waals surface area contributed by atoms with E-state index in [1.165, 1.54) is 0 Å². The summed E-state index contributed by atoms with van der Waals surface area (Å²) in [5.41, 5.74) is -5.79. The van der Waals surface area contributed by atoms with Crippen LogP contribution in [0.5, 0.6) is 0 Å². The highest BCUT2D eigenvalue weighted by Gasteiger charge is 2.51. The van der Waals surface area contributed by atoms with Crippen LogP contribution in [0.3, 0.4) is 0 Å². The molecule has 0 unspecified atom stereocenters. The van der Waals surface area contributed by atoms with Gasteiger partial charge in [0, 0.05) is 30.9 Å². The maximum atomic E-state index is 14.1. The molecular weight excluding hydrogens is 698 g/mol. The molecule has 48 heavy (non-hydrogen) atoms. The van der Waals surface area contributed by atoms with Gasteiger partial charge in [-0.3, -0.25) is 33.1 Å². The highest BCUT2D eigenvalue weighted by molar-refractivity contribution is 7.52. The number of carbonyl (C=O) groups excluding carboxylic acids is 4. The van der Waals surface area contributed by atoms with Gasteiger partial charge in [-0.15, -0.1) is 0 Å². The Morgan fingerprint density at radius 1 is 0.688 bits per heavy atom. The van der Waals surface area contributed by atoms with E-state index in [9.17, 15) is 50.7 Å². The number of nitrogens with one attached hydrogen (secondary N) is 3. The molecule has 0 aliphatic rings. The average Bonchev–Trinajstić information content (AvgIpc) is 2.94. The van der Waals surface area contributed by atoms with Gasteiger partial charge >= 0.3 is 32.5 Å². The number of carbonyl (C=O) groups is 5. The van der Waals surface area contributed by atoms with Crippen molar-refractivity contribution in [1.82, 2.24) is 16.0 Å². The smallest absolute Gasteiger partial charge is 0.399 e. The van der Waals surface area contributed by atoms with E-state index < -0.39 is 105 Å². The van der Waals surface area contributed by atoms with Gasteiger partial charge in [0.2, 0.25) is 23.6 Å². The SMILES string of the molecule is CC(=O)N[C@H](CC(=O)O)C(=O)N[C@@H](Cc1ccc(C(F)(F)P(=O)(O)O)cc1)C(=O)N[C@@H](Cc1ccc(C(F)(F)P(=O)(O)O)cc1)C(N)=O. The van der Waals surface area contributed by atoms with Crippen LogP contribution >= 0.6 is 15.2 Å².